The lowest BCUT2D eigenvalue weighted by Crippen LogP contribution is -2.15. The van der Waals surface area contributed by atoms with Gasteiger partial charge in [-0.1, -0.05) is 133 Å². The van der Waals surface area contributed by atoms with Gasteiger partial charge in [-0.15, -0.1) is 0 Å². The summed E-state index contributed by atoms with van der Waals surface area (Å²) in [5, 5.41) is 5.01. The Morgan fingerprint density at radius 1 is 0.345 bits per heavy atom. The minimum absolute atomic E-state index is 1.09. The Bertz CT molecular complexity index is 3010. The SMILES string of the molecule is c1ccc(-c2ccc(N(c3ccc(N4c5ccccc5-c5cccc6cccc4c56)cc3)c3ccc4c5ccccc5n(-c5ccccc5)c4c3)cc2)cc1. The molecule has 258 valence electrons. The van der Waals surface area contributed by atoms with Crippen LogP contribution in [0.1, 0.15) is 0 Å². The minimum Gasteiger partial charge on any atom is -0.310 e. The number of hydrogen-bond donors (Lipinski definition) is 0. The molecule has 11 rings (SSSR count). The highest BCUT2D eigenvalue weighted by Crippen LogP contribution is 2.51. The fourth-order valence-corrected chi connectivity index (χ4v) is 8.62. The Balaban J connectivity index is 1.08. The van der Waals surface area contributed by atoms with E-state index in [9.17, 15) is 0 Å². The lowest BCUT2D eigenvalue weighted by molar-refractivity contribution is 1.18. The molecule has 0 amide bonds. The van der Waals surface area contributed by atoms with E-state index in [4.69, 9.17) is 0 Å². The average Bonchev–Trinajstić information content (AvgIpc) is 3.59. The maximum Gasteiger partial charge on any atom is 0.0561 e. The van der Waals surface area contributed by atoms with Crippen LogP contribution in [0.2, 0.25) is 0 Å². The highest BCUT2D eigenvalue weighted by molar-refractivity contribution is 6.14. The summed E-state index contributed by atoms with van der Waals surface area (Å²) < 4.78 is 2.39. The van der Waals surface area contributed by atoms with E-state index >= 15 is 0 Å². The first kappa shape index (κ1) is 31.2. The van der Waals surface area contributed by atoms with Gasteiger partial charge in [0.05, 0.1) is 22.4 Å². The molecule has 0 aliphatic carbocycles. The molecule has 0 atom stereocenters. The molecule has 1 aliphatic heterocycles. The lowest BCUT2D eigenvalue weighted by Gasteiger charge is -2.34. The molecule has 1 aliphatic rings. The summed E-state index contributed by atoms with van der Waals surface area (Å²) in [4.78, 5) is 4.79. The molecular formula is C52H35N3. The molecule has 0 radical (unpaired) electrons. The summed E-state index contributed by atoms with van der Waals surface area (Å²) in [5.41, 5.74) is 15.2. The van der Waals surface area contributed by atoms with Crippen LogP contribution in [0, 0.1) is 0 Å². The zero-order valence-electron chi connectivity index (χ0n) is 30.0. The van der Waals surface area contributed by atoms with E-state index in [0.717, 1.165) is 28.4 Å². The maximum absolute atomic E-state index is 2.41. The molecule has 9 aromatic carbocycles. The van der Waals surface area contributed by atoms with Crippen molar-refractivity contribution in [2.45, 2.75) is 0 Å². The molecule has 55 heavy (non-hydrogen) atoms. The molecular weight excluding hydrogens is 667 g/mol. The van der Waals surface area contributed by atoms with Crippen LogP contribution in [0.25, 0.3) is 60.5 Å². The molecule has 0 N–H and O–H groups in total. The molecule has 3 nitrogen and oxygen atoms in total. The molecule has 1 aromatic heterocycles. The van der Waals surface area contributed by atoms with Crippen molar-refractivity contribution in [3.05, 3.63) is 212 Å². The van der Waals surface area contributed by atoms with E-state index in [1.807, 2.05) is 0 Å². The van der Waals surface area contributed by atoms with Crippen molar-refractivity contribution in [1.82, 2.24) is 4.57 Å². The fraction of sp³-hybridized carbons (Fsp3) is 0. The minimum atomic E-state index is 1.09. The van der Waals surface area contributed by atoms with Gasteiger partial charge in [-0.3, -0.25) is 0 Å². The van der Waals surface area contributed by atoms with Crippen molar-refractivity contribution in [2.24, 2.45) is 0 Å². The number of para-hydroxylation sites is 3. The molecule has 0 spiro atoms. The average molecular weight is 702 g/mol. The second kappa shape index (κ2) is 12.6. The number of aromatic nitrogens is 1. The van der Waals surface area contributed by atoms with Crippen molar-refractivity contribution in [2.75, 3.05) is 9.80 Å². The Labute approximate surface area is 320 Å². The van der Waals surface area contributed by atoms with Gasteiger partial charge < -0.3 is 14.4 Å². The first-order valence-electron chi connectivity index (χ1n) is 18.9. The number of fused-ring (bicyclic) bond motifs is 5. The number of hydrogen-bond acceptors (Lipinski definition) is 2. The third-order valence-corrected chi connectivity index (χ3v) is 11.1. The smallest absolute Gasteiger partial charge is 0.0561 e. The number of nitrogens with zero attached hydrogens (tertiary/aromatic N) is 3. The van der Waals surface area contributed by atoms with Crippen LogP contribution in [-0.4, -0.2) is 4.57 Å². The van der Waals surface area contributed by atoms with Crippen molar-refractivity contribution in [3.63, 3.8) is 0 Å². The molecule has 0 saturated heterocycles. The van der Waals surface area contributed by atoms with Gasteiger partial charge in [-0.2, -0.15) is 0 Å². The highest BCUT2D eigenvalue weighted by atomic mass is 15.2. The molecule has 2 heterocycles. The van der Waals surface area contributed by atoms with E-state index in [0.29, 0.717) is 0 Å². The van der Waals surface area contributed by atoms with Crippen LogP contribution in [0.15, 0.2) is 212 Å². The van der Waals surface area contributed by atoms with Crippen molar-refractivity contribution in [1.29, 1.82) is 0 Å². The summed E-state index contributed by atoms with van der Waals surface area (Å²) in [6.07, 6.45) is 0. The van der Waals surface area contributed by atoms with Crippen LogP contribution < -0.4 is 9.80 Å². The van der Waals surface area contributed by atoms with Gasteiger partial charge in [0.2, 0.25) is 0 Å². The molecule has 10 aromatic rings. The van der Waals surface area contributed by atoms with Gasteiger partial charge in [0.25, 0.3) is 0 Å². The van der Waals surface area contributed by atoms with E-state index in [-0.39, 0.29) is 0 Å². The van der Waals surface area contributed by atoms with E-state index in [1.165, 1.54) is 66.2 Å². The van der Waals surface area contributed by atoms with Gasteiger partial charge in [-0.05, 0) is 101 Å². The maximum atomic E-state index is 2.41. The second-order valence-corrected chi connectivity index (χ2v) is 14.2. The third-order valence-electron chi connectivity index (χ3n) is 11.1. The van der Waals surface area contributed by atoms with E-state index < -0.39 is 0 Å². The predicted octanol–water partition coefficient (Wildman–Crippen LogP) is 14.5. The molecule has 0 unspecified atom stereocenters. The Morgan fingerprint density at radius 2 is 0.927 bits per heavy atom. The Hall–Kier alpha value is -7.36. The summed E-state index contributed by atoms with van der Waals surface area (Å²) in [7, 11) is 0. The molecule has 3 heteroatoms. The topological polar surface area (TPSA) is 11.4 Å². The van der Waals surface area contributed by atoms with Crippen LogP contribution >= 0.6 is 0 Å². The Morgan fingerprint density at radius 3 is 1.73 bits per heavy atom. The van der Waals surface area contributed by atoms with Gasteiger partial charge in [0, 0.05) is 50.2 Å². The largest absolute Gasteiger partial charge is 0.310 e. The fourth-order valence-electron chi connectivity index (χ4n) is 8.62. The van der Waals surface area contributed by atoms with Crippen molar-refractivity contribution < 1.29 is 0 Å². The molecule has 0 fully saturated rings. The van der Waals surface area contributed by atoms with Crippen LogP contribution in [0.3, 0.4) is 0 Å². The van der Waals surface area contributed by atoms with Gasteiger partial charge in [-0.25, -0.2) is 0 Å². The second-order valence-electron chi connectivity index (χ2n) is 14.2. The zero-order chi connectivity index (χ0) is 36.3. The van der Waals surface area contributed by atoms with Crippen molar-refractivity contribution in [3.8, 4) is 27.9 Å². The molecule has 0 bridgehead atoms. The van der Waals surface area contributed by atoms with Crippen LogP contribution in [0.4, 0.5) is 34.1 Å². The number of benzene rings is 9. The van der Waals surface area contributed by atoms with E-state index in [1.54, 1.807) is 0 Å². The highest BCUT2D eigenvalue weighted by Gasteiger charge is 2.26. The quantitative estimate of drug-likeness (QED) is 0.171. The third kappa shape index (κ3) is 5.05. The van der Waals surface area contributed by atoms with Gasteiger partial charge in [0.1, 0.15) is 0 Å². The first-order chi connectivity index (χ1) is 27.3. The summed E-state index contributed by atoms with van der Waals surface area (Å²) >= 11 is 0. The number of anilines is 6. The zero-order valence-corrected chi connectivity index (χ0v) is 30.0. The first-order valence-corrected chi connectivity index (χ1v) is 18.9. The molecule has 0 saturated carbocycles. The monoisotopic (exact) mass is 701 g/mol. The van der Waals surface area contributed by atoms with Crippen LogP contribution in [0.5, 0.6) is 0 Å². The summed E-state index contributed by atoms with van der Waals surface area (Å²) in [5.74, 6) is 0. The van der Waals surface area contributed by atoms with Crippen molar-refractivity contribution >= 4 is 66.7 Å². The van der Waals surface area contributed by atoms with Gasteiger partial charge >= 0.3 is 0 Å². The Kier molecular flexibility index (Phi) is 7.17. The summed E-state index contributed by atoms with van der Waals surface area (Å²) in [6.45, 7) is 0. The van der Waals surface area contributed by atoms with Crippen LogP contribution in [-0.2, 0) is 0 Å². The number of rotatable bonds is 6. The normalized spacial score (nSPS) is 12.0. The van der Waals surface area contributed by atoms with Gasteiger partial charge in [0.15, 0.2) is 0 Å². The predicted molar refractivity (Wildman–Crippen MR) is 232 cm³/mol. The summed E-state index contributed by atoms with van der Waals surface area (Å²) in [6, 6.07) is 76.9. The standard InChI is InChI=1S/C52H35N3/c1-3-13-36(14-4-1)37-25-27-40(28-26-37)53(43-33-34-46-44-19-7-9-22-48(44)55(51(46)35-43)39-17-5-2-6-18-39)41-29-31-42(32-30-41)54-49-23-10-8-20-45(49)47-21-11-15-38-16-12-24-50(54)52(38)47/h1-35H. The van der Waals surface area contributed by atoms with E-state index in [2.05, 4.69) is 227 Å². The lowest BCUT2D eigenvalue weighted by atomic mass is 9.91.